The molecule has 2 aliphatic carbocycles. The van der Waals surface area contributed by atoms with Gasteiger partial charge in [0.15, 0.2) is 5.88 Å². The number of nitrogens with one attached hydrogen (secondary N) is 1. The van der Waals surface area contributed by atoms with E-state index < -0.39 is 17.0 Å². The van der Waals surface area contributed by atoms with E-state index in [4.69, 9.17) is 22.1 Å². The molecule has 2 aliphatic rings. The molecule has 38 heavy (non-hydrogen) atoms. The summed E-state index contributed by atoms with van der Waals surface area (Å²) in [5.74, 6) is -0.685. The van der Waals surface area contributed by atoms with Crippen molar-refractivity contribution in [1.29, 1.82) is 0 Å². The van der Waals surface area contributed by atoms with Crippen molar-refractivity contribution in [2.45, 2.75) is 44.3 Å². The standard InChI is InChI=1S/C27H33ClFN5O4/c1-26(2,36)13-38-22(30)10-21(31-3)27(37)11-16-7-15(8-17(16)12-27)23-24(34(4)14-32-23)25(35)33-18-5-6-20(29)19(28)9-18/h5-7,9-10,14,16-17,36-37H,8,11-13,30H2,1-4H3,(H,33,35). The number of nitrogens with two attached hydrogens (primary N) is 1. The first kappa shape index (κ1) is 27.8. The number of rotatable bonds is 8. The van der Waals surface area contributed by atoms with Crippen LogP contribution < -0.4 is 11.1 Å². The van der Waals surface area contributed by atoms with E-state index in [9.17, 15) is 19.4 Å². The second kappa shape index (κ2) is 10.5. The lowest BCUT2D eigenvalue weighted by molar-refractivity contribution is 0.00239. The number of aliphatic hydroxyl groups is 2. The minimum absolute atomic E-state index is 0.0102. The lowest BCUT2D eigenvalue weighted by Crippen LogP contribution is -2.36. The van der Waals surface area contributed by atoms with Gasteiger partial charge in [0.1, 0.15) is 23.7 Å². The Morgan fingerprint density at radius 1 is 1.45 bits per heavy atom. The number of hydrogen-bond acceptors (Lipinski definition) is 7. The van der Waals surface area contributed by atoms with E-state index in [0.29, 0.717) is 42.0 Å². The molecule has 0 radical (unpaired) electrons. The van der Waals surface area contributed by atoms with Gasteiger partial charge in [0.2, 0.25) is 0 Å². The van der Waals surface area contributed by atoms with Crippen LogP contribution in [0, 0.1) is 17.7 Å². The quantitative estimate of drug-likeness (QED) is 0.295. The molecule has 1 aromatic carbocycles. The number of imidazole rings is 1. The monoisotopic (exact) mass is 545 g/mol. The van der Waals surface area contributed by atoms with Gasteiger partial charge in [-0.3, -0.25) is 9.79 Å². The van der Waals surface area contributed by atoms with Crippen LogP contribution in [0.15, 0.2) is 47.6 Å². The lowest BCUT2D eigenvalue weighted by Gasteiger charge is -2.24. The summed E-state index contributed by atoms with van der Waals surface area (Å²) in [4.78, 5) is 21.9. The third kappa shape index (κ3) is 5.92. The largest absolute Gasteiger partial charge is 0.476 e. The summed E-state index contributed by atoms with van der Waals surface area (Å²) in [6.07, 6.45) is 6.70. The Labute approximate surface area is 225 Å². The maximum Gasteiger partial charge on any atom is 0.274 e. The first-order valence-corrected chi connectivity index (χ1v) is 12.7. The van der Waals surface area contributed by atoms with Crippen LogP contribution in [0.5, 0.6) is 0 Å². The number of hydrogen-bond donors (Lipinski definition) is 4. The third-order valence-corrected chi connectivity index (χ3v) is 7.19. The topological polar surface area (TPSA) is 135 Å². The lowest BCUT2D eigenvalue weighted by atomic mass is 9.91. The summed E-state index contributed by atoms with van der Waals surface area (Å²) in [5.41, 5.74) is 6.42. The number of benzene rings is 1. The Bertz CT molecular complexity index is 1330. The van der Waals surface area contributed by atoms with Crippen molar-refractivity contribution in [3.05, 3.63) is 64.8 Å². The van der Waals surface area contributed by atoms with Crippen LogP contribution in [0.1, 0.15) is 49.3 Å². The fourth-order valence-corrected chi connectivity index (χ4v) is 5.36. The minimum Gasteiger partial charge on any atom is -0.476 e. The third-order valence-electron chi connectivity index (χ3n) is 6.90. The Morgan fingerprint density at radius 3 is 2.82 bits per heavy atom. The summed E-state index contributed by atoms with van der Waals surface area (Å²) < 4.78 is 20.6. The van der Waals surface area contributed by atoms with Crippen molar-refractivity contribution >= 4 is 34.5 Å². The zero-order valence-electron chi connectivity index (χ0n) is 21.8. The molecule has 1 heterocycles. The molecule has 4 rings (SSSR count). The van der Waals surface area contributed by atoms with E-state index >= 15 is 0 Å². The van der Waals surface area contributed by atoms with Crippen molar-refractivity contribution < 1.29 is 24.1 Å². The van der Waals surface area contributed by atoms with Crippen LogP contribution in [-0.4, -0.2) is 56.2 Å². The van der Waals surface area contributed by atoms with Gasteiger partial charge < -0.3 is 30.6 Å². The summed E-state index contributed by atoms with van der Waals surface area (Å²) in [7, 11) is 3.33. The van der Waals surface area contributed by atoms with E-state index in [0.717, 1.165) is 5.57 Å². The zero-order chi connectivity index (χ0) is 27.8. The van der Waals surface area contributed by atoms with Gasteiger partial charge in [0, 0.05) is 25.9 Å². The number of allylic oxidation sites excluding steroid dienone is 2. The van der Waals surface area contributed by atoms with Crippen LogP contribution in [0.2, 0.25) is 5.02 Å². The number of halogens is 2. The Hall–Kier alpha value is -3.21. The normalized spacial score (nSPS) is 23.8. The molecular formula is C27H33ClFN5O4. The molecular weight excluding hydrogens is 513 g/mol. The molecule has 2 aromatic rings. The number of aliphatic imine (C=N–C) groups is 1. The average molecular weight is 546 g/mol. The highest BCUT2D eigenvalue weighted by atomic mass is 35.5. The van der Waals surface area contributed by atoms with Gasteiger partial charge in [0.05, 0.1) is 28.4 Å². The predicted octanol–water partition coefficient (Wildman–Crippen LogP) is 3.67. The van der Waals surface area contributed by atoms with Gasteiger partial charge in [0.25, 0.3) is 5.91 Å². The highest BCUT2D eigenvalue weighted by Gasteiger charge is 2.48. The Balaban J connectivity index is 1.50. The second-order valence-corrected chi connectivity index (χ2v) is 11.1. The summed E-state index contributed by atoms with van der Waals surface area (Å²) in [6, 6.07) is 3.99. The summed E-state index contributed by atoms with van der Waals surface area (Å²) in [5, 5.41) is 24.0. The molecule has 3 atom stereocenters. The van der Waals surface area contributed by atoms with Crippen molar-refractivity contribution in [1.82, 2.24) is 9.55 Å². The van der Waals surface area contributed by atoms with Gasteiger partial charge >= 0.3 is 0 Å². The number of aryl methyl sites for hydroxylation is 1. The van der Waals surface area contributed by atoms with Crippen molar-refractivity contribution in [2.24, 2.45) is 29.6 Å². The number of nitrogens with zero attached hydrogens (tertiary/aromatic N) is 3. The molecule has 3 unspecified atom stereocenters. The molecule has 1 aromatic heterocycles. The fraction of sp³-hybridized carbons (Fsp3) is 0.444. The van der Waals surface area contributed by atoms with Crippen LogP contribution in [-0.2, 0) is 11.8 Å². The number of amides is 1. The molecule has 204 valence electrons. The van der Waals surface area contributed by atoms with Crippen LogP contribution in [0.25, 0.3) is 5.57 Å². The predicted molar refractivity (Wildman–Crippen MR) is 144 cm³/mol. The summed E-state index contributed by atoms with van der Waals surface area (Å²) >= 11 is 5.85. The van der Waals surface area contributed by atoms with Gasteiger partial charge in [-0.25, -0.2) is 9.37 Å². The van der Waals surface area contributed by atoms with Gasteiger partial charge in [-0.2, -0.15) is 0 Å². The smallest absolute Gasteiger partial charge is 0.274 e. The van der Waals surface area contributed by atoms with E-state index in [1.54, 1.807) is 38.8 Å². The van der Waals surface area contributed by atoms with Crippen LogP contribution >= 0.6 is 11.6 Å². The van der Waals surface area contributed by atoms with E-state index in [2.05, 4.69) is 21.4 Å². The van der Waals surface area contributed by atoms with E-state index in [1.165, 1.54) is 24.3 Å². The SMILES string of the molecule is CN=C(C=C(N)OCC(C)(C)O)C1(O)CC2C=C(c3ncn(C)c3C(=O)Nc3ccc(F)c(Cl)c3)CC2C1. The maximum atomic E-state index is 13.5. The van der Waals surface area contributed by atoms with Gasteiger partial charge in [-0.05, 0) is 68.7 Å². The number of ether oxygens (including phenoxy) is 1. The maximum absolute atomic E-state index is 13.5. The summed E-state index contributed by atoms with van der Waals surface area (Å²) in [6.45, 7) is 3.23. The fourth-order valence-electron chi connectivity index (χ4n) is 5.18. The first-order chi connectivity index (χ1) is 17.8. The molecule has 1 fully saturated rings. The highest BCUT2D eigenvalue weighted by molar-refractivity contribution is 6.31. The molecule has 11 heteroatoms. The second-order valence-electron chi connectivity index (χ2n) is 10.7. The number of anilines is 1. The van der Waals surface area contributed by atoms with E-state index in [-0.39, 0.29) is 35.3 Å². The molecule has 1 amide bonds. The van der Waals surface area contributed by atoms with Crippen molar-refractivity contribution in [3.8, 4) is 0 Å². The molecule has 5 N–H and O–H groups in total. The number of fused-ring (bicyclic) bond motifs is 1. The molecule has 1 saturated carbocycles. The van der Waals surface area contributed by atoms with Crippen LogP contribution in [0.4, 0.5) is 10.1 Å². The molecule has 0 aliphatic heterocycles. The van der Waals surface area contributed by atoms with Gasteiger partial charge in [-0.1, -0.05) is 17.7 Å². The van der Waals surface area contributed by atoms with Crippen molar-refractivity contribution in [3.63, 3.8) is 0 Å². The van der Waals surface area contributed by atoms with Gasteiger partial charge in [-0.15, -0.1) is 0 Å². The first-order valence-electron chi connectivity index (χ1n) is 12.3. The van der Waals surface area contributed by atoms with E-state index in [1.807, 2.05) is 0 Å². The average Bonchev–Trinajstić information content (AvgIpc) is 3.49. The van der Waals surface area contributed by atoms with Crippen LogP contribution in [0.3, 0.4) is 0 Å². The molecule has 0 saturated heterocycles. The zero-order valence-corrected chi connectivity index (χ0v) is 22.6. The highest BCUT2D eigenvalue weighted by Crippen LogP contribution is 2.50. The Morgan fingerprint density at radius 2 is 2.18 bits per heavy atom. The molecule has 0 bridgehead atoms. The number of carbonyl (C=O) groups is 1. The molecule has 9 nitrogen and oxygen atoms in total. The number of aromatic nitrogens is 2. The number of carbonyl (C=O) groups excluding carboxylic acids is 1. The Kier molecular flexibility index (Phi) is 7.69. The molecule has 0 spiro atoms. The van der Waals surface area contributed by atoms with Crippen molar-refractivity contribution in [2.75, 3.05) is 19.0 Å². The minimum atomic E-state index is -1.18.